The number of nitrogens with one attached hydrogen (secondary N) is 1. The number of hydrogen-bond donors (Lipinski definition) is 6. The van der Waals surface area contributed by atoms with Crippen molar-refractivity contribution >= 4 is 16.3 Å². The summed E-state index contributed by atoms with van der Waals surface area (Å²) in [4.78, 5) is 13.1. The Bertz CT molecular complexity index is 1290. The summed E-state index contributed by atoms with van der Waals surface area (Å²) < 4.78 is 47.9. The molecule has 1 saturated heterocycles. The van der Waals surface area contributed by atoms with Crippen molar-refractivity contribution in [3.8, 4) is 0 Å². The van der Waals surface area contributed by atoms with Gasteiger partial charge < -0.3 is 35.2 Å². The maximum atomic E-state index is 13.1. The first-order valence-electron chi connectivity index (χ1n) is 29.6. The van der Waals surface area contributed by atoms with Crippen LogP contribution in [0, 0.1) is 0 Å². The minimum atomic E-state index is -5.08. The van der Waals surface area contributed by atoms with Gasteiger partial charge in [0.15, 0.2) is 6.29 Å². The quantitative estimate of drug-likeness (QED) is 0.0193. The van der Waals surface area contributed by atoms with E-state index in [4.69, 9.17) is 9.47 Å². The largest absolute Gasteiger partial charge is 0.397 e. The molecule has 1 amide bonds. The third kappa shape index (κ3) is 39.3. The van der Waals surface area contributed by atoms with Crippen molar-refractivity contribution in [2.45, 2.75) is 333 Å². The number of carbonyl (C=O) groups excluding carboxylic acids is 1. The fourth-order valence-corrected chi connectivity index (χ4v) is 10.3. The number of allylic oxidation sites excluding steroid dienone is 2. The first-order valence-corrected chi connectivity index (χ1v) is 30.9. The fraction of sp³-hybridized carbons (Fsp3) is 0.947. The smallest absolute Gasteiger partial charge is 0.394 e. The number of unbranched alkanes of at least 4 members (excludes halogenated alkanes) is 38. The SMILES string of the molecule is CCCCCCCCCCCCCC/C=C\CCCCCCCCCCCCCCCC(=O)NC(COC1OC(CO)C(O)C(OS(=O)(=O)O)C1O)C(O)CCCCCCCCCCCCCCCC. The zero-order chi connectivity index (χ0) is 51.2. The van der Waals surface area contributed by atoms with E-state index in [-0.39, 0.29) is 12.5 Å². The second kappa shape index (κ2) is 47.5. The Morgan fingerprint density at radius 2 is 0.914 bits per heavy atom. The van der Waals surface area contributed by atoms with Crippen LogP contribution in [0.2, 0.25) is 0 Å². The molecule has 0 bridgehead atoms. The second-order valence-corrected chi connectivity index (χ2v) is 22.0. The van der Waals surface area contributed by atoms with Gasteiger partial charge in [-0.15, -0.1) is 0 Å². The zero-order valence-corrected chi connectivity index (χ0v) is 45.9. The van der Waals surface area contributed by atoms with Gasteiger partial charge in [-0.1, -0.05) is 257 Å². The Morgan fingerprint density at radius 3 is 1.29 bits per heavy atom. The standard InChI is InChI=1S/C57H111NO11S/c1-3-5-7-9-11-13-15-17-19-20-21-22-23-24-25-26-27-28-29-30-31-32-33-35-37-39-41-43-45-47-53(61)58-50(49-67-57-55(63)56(69-70(64,65)66)54(62)52(48-59)68-57)51(60)46-44-42-40-38-36-34-18-16-14-12-10-8-6-4-2/h24-25,50-52,54-57,59-60,62-63H,3-23,26-49H2,1-2H3,(H,58,61)(H,64,65,66)/b25-24-. The zero-order valence-electron chi connectivity index (χ0n) is 45.1. The Hall–Kier alpha value is -1.16. The molecular formula is C57H111NO11S. The molecule has 1 aliphatic rings. The van der Waals surface area contributed by atoms with Crippen molar-refractivity contribution in [3.63, 3.8) is 0 Å². The van der Waals surface area contributed by atoms with E-state index in [9.17, 15) is 38.2 Å². The number of aliphatic hydroxyl groups is 4. The van der Waals surface area contributed by atoms with Crippen LogP contribution in [-0.2, 0) is 28.9 Å². The molecule has 416 valence electrons. The highest BCUT2D eigenvalue weighted by atomic mass is 32.3. The van der Waals surface area contributed by atoms with Crippen LogP contribution in [0.4, 0.5) is 0 Å². The molecule has 13 heteroatoms. The lowest BCUT2D eigenvalue weighted by atomic mass is 9.99. The molecule has 0 aliphatic carbocycles. The second-order valence-electron chi connectivity index (χ2n) is 20.9. The first-order chi connectivity index (χ1) is 34.0. The third-order valence-electron chi connectivity index (χ3n) is 14.3. The van der Waals surface area contributed by atoms with Gasteiger partial charge in [-0.05, 0) is 38.5 Å². The molecule has 0 saturated carbocycles. The summed E-state index contributed by atoms with van der Waals surface area (Å²) in [6, 6.07) is -0.855. The van der Waals surface area contributed by atoms with Crippen LogP contribution in [0.5, 0.6) is 0 Å². The molecule has 0 radical (unpaired) electrons. The third-order valence-corrected chi connectivity index (χ3v) is 14.8. The normalized spacial score (nSPS) is 19.6. The predicted molar refractivity (Wildman–Crippen MR) is 287 cm³/mol. The molecule has 0 aromatic heterocycles. The number of hydrogen-bond acceptors (Lipinski definition) is 10. The lowest BCUT2D eigenvalue weighted by Crippen LogP contribution is -2.61. The fourth-order valence-electron chi connectivity index (χ4n) is 9.75. The van der Waals surface area contributed by atoms with E-state index in [1.165, 1.54) is 212 Å². The van der Waals surface area contributed by atoms with Crippen molar-refractivity contribution in [3.05, 3.63) is 12.2 Å². The molecule has 1 rings (SSSR count). The molecule has 1 aliphatic heterocycles. The van der Waals surface area contributed by atoms with Crippen LogP contribution in [0.3, 0.4) is 0 Å². The molecule has 7 atom stereocenters. The molecular weight excluding hydrogens is 907 g/mol. The summed E-state index contributed by atoms with van der Waals surface area (Å²) in [5.74, 6) is -0.226. The van der Waals surface area contributed by atoms with Gasteiger partial charge >= 0.3 is 10.4 Å². The average molecular weight is 1020 g/mol. The van der Waals surface area contributed by atoms with Crippen molar-refractivity contribution in [1.29, 1.82) is 0 Å². The minimum absolute atomic E-state index is 0.226. The van der Waals surface area contributed by atoms with E-state index in [1.54, 1.807) is 0 Å². The van der Waals surface area contributed by atoms with Crippen molar-refractivity contribution in [2.24, 2.45) is 0 Å². The maximum Gasteiger partial charge on any atom is 0.397 e. The Balaban J connectivity index is 2.26. The van der Waals surface area contributed by atoms with Crippen LogP contribution in [0.1, 0.15) is 290 Å². The van der Waals surface area contributed by atoms with Gasteiger partial charge in [0, 0.05) is 6.42 Å². The summed E-state index contributed by atoms with van der Waals surface area (Å²) >= 11 is 0. The molecule has 12 nitrogen and oxygen atoms in total. The molecule has 0 spiro atoms. The van der Waals surface area contributed by atoms with Gasteiger partial charge in [0.1, 0.15) is 24.4 Å². The van der Waals surface area contributed by atoms with Crippen LogP contribution >= 0.6 is 0 Å². The van der Waals surface area contributed by atoms with E-state index in [2.05, 4.69) is 35.5 Å². The summed E-state index contributed by atoms with van der Waals surface area (Å²) in [6.45, 7) is 3.49. The first kappa shape index (κ1) is 66.9. The van der Waals surface area contributed by atoms with E-state index >= 15 is 0 Å². The van der Waals surface area contributed by atoms with Gasteiger partial charge in [0.2, 0.25) is 5.91 Å². The number of aliphatic hydroxyl groups excluding tert-OH is 4. The minimum Gasteiger partial charge on any atom is -0.394 e. The summed E-state index contributed by atoms with van der Waals surface area (Å²) in [7, 11) is -5.08. The predicted octanol–water partition coefficient (Wildman–Crippen LogP) is 13.8. The number of amides is 1. The summed E-state index contributed by atoms with van der Waals surface area (Å²) in [6.07, 6.45) is 48.0. The van der Waals surface area contributed by atoms with Gasteiger partial charge in [0.05, 0.1) is 25.4 Å². The van der Waals surface area contributed by atoms with E-state index in [0.717, 1.165) is 51.4 Å². The Labute approximate surface area is 430 Å². The van der Waals surface area contributed by atoms with Crippen molar-refractivity contribution < 1.29 is 51.8 Å². The van der Waals surface area contributed by atoms with Gasteiger partial charge in [-0.25, -0.2) is 4.18 Å². The van der Waals surface area contributed by atoms with E-state index in [0.29, 0.717) is 12.8 Å². The average Bonchev–Trinajstić information content (AvgIpc) is 3.33. The number of carbonyl (C=O) groups is 1. The molecule has 0 aromatic rings. The van der Waals surface area contributed by atoms with Crippen LogP contribution in [-0.4, -0.2) is 95.4 Å². The van der Waals surface area contributed by atoms with Gasteiger partial charge in [-0.3, -0.25) is 9.35 Å². The molecule has 70 heavy (non-hydrogen) atoms. The monoisotopic (exact) mass is 1020 g/mol. The number of rotatable bonds is 52. The van der Waals surface area contributed by atoms with E-state index < -0.39 is 59.9 Å². The lowest BCUT2D eigenvalue weighted by Gasteiger charge is -2.41. The van der Waals surface area contributed by atoms with Crippen LogP contribution < -0.4 is 5.32 Å². The van der Waals surface area contributed by atoms with Crippen LogP contribution in [0.25, 0.3) is 0 Å². The van der Waals surface area contributed by atoms with Crippen molar-refractivity contribution in [2.75, 3.05) is 13.2 Å². The van der Waals surface area contributed by atoms with Crippen LogP contribution in [0.15, 0.2) is 12.2 Å². The van der Waals surface area contributed by atoms with Gasteiger partial charge in [-0.2, -0.15) is 8.42 Å². The number of ether oxygens (including phenoxy) is 2. The molecule has 6 N–H and O–H groups in total. The highest BCUT2D eigenvalue weighted by Gasteiger charge is 2.48. The summed E-state index contributed by atoms with van der Waals surface area (Å²) in [5.41, 5.74) is 0. The lowest BCUT2D eigenvalue weighted by molar-refractivity contribution is -0.298. The Kier molecular flexibility index (Phi) is 45.4. The molecule has 0 aromatic carbocycles. The van der Waals surface area contributed by atoms with E-state index in [1.807, 2.05) is 0 Å². The molecule has 1 heterocycles. The molecule has 1 fully saturated rings. The highest BCUT2D eigenvalue weighted by molar-refractivity contribution is 7.80. The molecule has 7 unspecified atom stereocenters. The topological polar surface area (TPSA) is 192 Å². The van der Waals surface area contributed by atoms with Crippen molar-refractivity contribution in [1.82, 2.24) is 5.32 Å². The highest BCUT2D eigenvalue weighted by Crippen LogP contribution is 2.26. The maximum absolute atomic E-state index is 13.1. The van der Waals surface area contributed by atoms with Gasteiger partial charge in [0.25, 0.3) is 0 Å². The Morgan fingerprint density at radius 1 is 0.557 bits per heavy atom. The summed E-state index contributed by atoms with van der Waals surface area (Å²) in [5, 5.41) is 45.1.